The van der Waals surface area contributed by atoms with Crippen molar-refractivity contribution in [2.45, 2.75) is 39.2 Å². The number of halogens is 1. The predicted octanol–water partition coefficient (Wildman–Crippen LogP) is 1.09. The molecule has 8 nitrogen and oxygen atoms in total. The quantitative estimate of drug-likeness (QED) is 0.803. The van der Waals surface area contributed by atoms with Crippen molar-refractivity contribution < 1.29 is 4.79 Å². The number of carbonyl (C=O) groups is 1. The van der Waals surface area contributed by atoms with Crippen molar-refractivity contribution in [1.82, 2.24) is 24.8 Å². The van der Waals surface area contributed by atoms with E-state index in [1.165, 1.54) is 0 Å². The van der Waals surface area contributed by atoms with Crippen molar-refractivity contribution in [2.75, 3.05) is 13.1 Å². The maximum Gasteiger partial charge on any atom is 0.255 e. The fourth-order valence-corrected chi connectivity index (χ4v) is 3.52. The fourth-order valence-electron chi connectivity index (χ4n) is 3.52. The molecular formula is C18H25ClN6O2. The first-order chi connectivity index (χ1) is 12.5. The van der Waals surface area contributed by atoms with E-state index in [0.29, 0.717) is 41.9 Å². The number of aromatic nitrogens is 4. The summed E-state index contributed by atoms with van der Waals surface area (Å²) in [5, 5.41) is 0. The lowest BCUT2D eigenvalue weighted by molar-refractivity contribution is -0.135. The van der Waals surface area contributed by atoms with Gasteiger partial charge >= 0.3 is 0 Å². The van der Waals surface area contributed by atoms with Gasteiger partial charge in [-0.3, -0.25) is 9.59 Å². The van der Waals surface area contributed by atoms with Crippen LogP contribution in [0.15, 0.2) is 23.3 Å². The molecule has 0 radical (unpaired) electrons. The molecule has 3 heterocycles. The van der Waals surface area contributed by atoms with Crippen LogP contribution in [0.5, 0.6) is 0 Å². The van der Waals surface area contributed by atoms with E-state index in [-0.39, 0.29) is 36.3 Å². The highest BCUT2D eigenvalue weighted by Crippen LogP contribution is 2.23. The van der Waals surface area contributed by atoms with Gasteiger partial charge < -0.3 is 15.6 Å². The standard InChI is InChI=1S/C18H24N6O2.ClH/c1-11-5-3-8-24(14(11)10-19)15(25)9-13-12(2)22-17(23-18(13)26)16-20-6-4-7-21-16;/h4,6-7,11,14H,3,5,8-10,19H2,1-2H3,(H,22,23,26);1H. The number of amides is 1. The minimum absolute atomic E-state index is 0. The normalized spacial score (nSPS) is 19.4. The molecule has 1 fully saturated rings. The van der Waals surface area contributed by atoms with Crippen LogP contribution in [0.3, 0.4) is 0 Å². The number of aromatic amines is 1. The maximum atomic E-state index is 12.8. The highest BCUT2D eigenvalue weighted by molar-refractivity contribution is 5.85. The van der Waals surface area contributed by atoms with E-state index in [9.17, 15) is 9.59 Å². The molecule has 1 amide bonds. The number of likely N-dealkylation sites (tertiary alicyclic amines) is 1. The van der Waals surface area contributed by atoms with Crippen LogP contribution >= 0.6 is 12.4 Å². The van der Waals surface area contributed by atoms with Crippen LogP contribution in [0.2, 0.25) is 0 Å². The summed E-state index contributed by atoms with van der Waals surface area (Å²) in [5.74, 6) is 0.938. The smallest absolute Gasteiger partial charge is 0.255 e. The van der Waals surface area contributed by atoms with Gasteiger partial charge in [0.25, 0.3) is 5.56 Å². The lowest BCUT2D eigenvalue weighted by atomic mass is 9.90. The van der Waals surface area contributed by atoms with Gasteiger partial charge in [0.05, 0.1) is 6.42 Å². The van der Waals surface area contributed by atoms with E-state index >= 15 is 0 Å². The molecule has 2 unspecified atom stereocenters. The zero-order valence-corrected chi connectivity index (χ0v) is 16.3. The van der Waals surface area contributed by atoms with Gasteiger partial charge in [-0.2, -0.15) is 0 Å². The van der Waals surface area contributed by atoms with Gasteiger partial charge in [0.2, 0.25) is 5.91 Å². The van der Waals surface area contributed by atoms with Gasteiger partial charge in [0.1, 0.15) is 0 Å². The van der Waals surface area contributed by atoms with Crippen LogP contribution in [0, 0.1) is 12.8 Å². The molecule has 9 heteroatoms. The molecule has 2 aromatic heterocycles. The zero-order valence-electron chi connectivity index (χ0n) is 15.5. The van der Waals surface area contributed by atoms with Crippen molar-refractivity contribution in [1.29, 1.82) is 0 Å². The summed E-state index contributed by atoms with van der Waals surface area (Å²) >= 11 is 0. The Morgan fingerprint density at radius 2 is 2.07 bits per heavy atom. The average molecular weight is 393 g/mol. The summed E-state index contributed by atoms with van der Waals surface area (Å²) in [6, 6.07) is 1.72. The summed E-state index contributed by atoms with van der Waals surface area (Å²) in [6.45, 7) is 4.96. The van der Waals surface area contributed by atoms with E-state index in [1.807, 2.05) is 4.90 Å². The number of H-pyrrole nitrogens is 1. The summed E-state index contributed by atoms with van der Waals surface area (Å²) in [4.78, 5) is 42.4. The van der Waals surface area contributed by atoms with Gasteiger partial charge in [0, 0.05) is 42.8 Å². The maximum absolute atomic E-state index is 12.8. The molecule has 1 aliphatic rings. The number of carbonyl (C=O) groups excluding carboxylic acids is 1. The third kappa shape index (κ3) is 4.51. The molecule has 1 aliphatic heterocycles. The highest BCUT2D eigenvalue weighted by Gasteiger charge is 2.31. The molecule has 2 aromatic rings. The van der Waals surface area contributed by atoms with Crippen molar-refractivity contribution in [2.24, 2.45) is 11.7 Å². The molecule has 146 valence electrons. The second-order valence-corrected chi connectivity index (χ2v) is 6.74. The van der Waals surface area contributed by atoms with Crippen molar-refractivity contribution >= 4 is 18.3 Å². The summed E-state index contributed by atoms with van der Waals surface area (Å²) in [6.07, 6.45) is 5.21. The first-order valence-electron chi connectivity index (χ1n) is 8.88. The Bertz CT molecular complexity index is 841. The van der Waals surface area contributed by atoms with Crippen molar-refractivity contribution in [3.8, 4) is 11.6 Å². The number of nitrogens with one attached hydrogen (secondary N) is 1. The van der Waals surface area contributed by atoms with Crippen molar-refractivity contribution in [3.63, 3.8) is 0 Å². The molecule has 2 atom stereocenters. The van der Waals surface area contributed by atoms with Gasteiger partial charge in [-0.15, -0.1) is 12.4 Å². The Balaban J connectivity index is 0.00000261. The Morgan fingerprint density at radius 3 is 2.70 bits per heavy atom. The number of piperidine rings is 1. The van der Waals surface area contributed by atoms with Gasteiger partial charge in [-0.25, -0.2) is 15.0 Å². The van der Waals surface area contributed by atoms with Crippen LogP contribution in [-0.2, 0) is 11.2 Å². The molecule has 3 N–H and O–H groups in total. The number of nitrogens with zero attached hydrogens (tertiary/aromatic N) is 4. The highest BCUT2D eigenvalue weighted by atomic mass is 35.5. The predicted molar refractivity (Wildman–Crippen MR) is 105 cm³/mol. The molecule has 0 aromatic carbocycles. The molecule has 3 rings (SSSR count). The lowest BCUT2D eigenvalue weighted by Gasteiger charge is -2.39. The third-order valence-corrected chi connectivity index (χ3v) is 5.01. The summed E-state index contributed by atoms with van der Waals surface area (Å²) < 4.78 is 0. The van der Waals surface area contributed by atoms with E-state index < -0.39 is 0 Å². The Kier molecular flexibility index (Phi) is 7.04. The van der Waals surface area contributed by atoms with E-state index in [4.69, 9.17) is 5.73 Å². The second kappa shape index (κ2) is 9.05. The number of nitrogens with two attached hydrogens (primary N) is 1. The Labute approximate surface area is 164 Å². The fraction of sp³-hybridized carbons (Fsp3) is 0.500. The second-order valence-electron chi connectivity index (χ2n) is 6.74. The number of hydrogen-bond donors (Lipinski definition) is 2. The van der Waals surface area contributed by atoms with Crippen molar-refractivity contribution in [3.05, 3.63) is 40.1 Å². The van der Waals surface area contributed by atoms with Crippen LogP contribution < -0.4 is 11.3 Å². The van der Waals surface area contributed by atoms with Crippen LogP contribution in [-0.4, -0.2) is 49.9 Å². The zero-order chi connectivity index (χ0) is 18.7. The molecular weight excluding hydrogens is 368 g/mol. The van der Waals surface area contributed by atoms with Gasteiger partial charge in [-0.1, -0.05) is 6.92 Å². The molecule has 27 heavy (non-hydrogen) atoms. The van der Waals surface area contributed by atoms with E-state index in [2.05, 4.69) is 26.9 Å². The number of aryl methyl sites for hydroxylation is 1. The molecule has 0 aliphatic carbocycles. The largest absolute Gasteiger partial charge is 0.338 e. The Morgan fingerprint density at radius 1 is 1.37 bits per heavy atom. The first-order valence-corrected chi connectivity index (χ1v) is 8.88. The van der Waals surface area contributed by atoms with Gasteiger partial charge in [0.15, 0.2) is 11.6 Å². The molecule has 0 spiro atoms. The topological polar surface area (TPSA) is 118 Å². The molecule has 0 bridgehead atoms. The van der Waals surface area contributed by atoms with Crippen LogP contribution in [0.4, 0.5) is 0 Å². The van der Waals surface area contributed by atoms with Crippen LogP contribution in [0.1, 0.15) is 31.0 Å². The minimum atomic E-state index is -0.331. The minimum Gasteiger partial charge on any atom is -0.338 e. The van der Waals surface area contributed by atoms with E-state index in [0.717, 1.165) is 12.8 Å². The van der Waals surface area contributed by atoms with Gasteiger partial charge in [-0.05, 0) is 31.7 Å². The SMILES string of the molecule is Cc1nc(-c2ncccn2)[nH]c(=O)c1CC(=O)N1CCCC(C)C1CN.Cl. The number of rotatable bonds is 4. The Hall–Kier alpha value is -2.32. The monoisotopic (exact) mass is 392 g/mol. The summed E-state index contributed by atoms with van der Waals surface area (Å²) in [7, 11) is 0. The average Bonchev–Trinajstić information content (AvgIpc) is 2.64. The summed E-state index contributed by atoms with van der Waals surface area (Å²) in [5.41, 5.74) is 6.43. The lowest BCUT2D eigenvalue weighted by Crippen LogP contribution is -2.52. The van der Waals surface area contributed by atoms with E-state index in [1.54, 1.807) is 25.4 Å². The number of hydrogen-bond acceptors (Lipinski definition) is 6. The third-order valence-electron chi connectivity index (χ3n) is 5.01. The van der Waals surface area contributed by atoms with Crippen LogP contribution in [0.25, 0.3) is 11.6 Å². The molecule has 1 saturated heterocycles. The first kappa shape index (κ1) is 21.0. The molecule has 0 saturated carbocycles.